The Morgan fingerprint density at radius 1 is 1.33 bits per heavy atom. The number of hydrogen-bond donors (Lipinski definition) is 2. The summed E-state index contributed by atoms with van der Waals surface area (Å²) < 4.78 is 23.0. The van der Waals surface area contributed by atoms with Gasteiger partial charge in [-0.25, -0.2) is 13.4 Å². The Hall–Kier alpha value is -1.60. The third kappa shape index (κ3) is 3.54. The largest absolute Gasteiger partial charge is 0.397 e. The first-order chi connectivity index (χ1) is 9.68. The molecule has 0 aliphatic heterocycles. The van der Waals surface area contributed by atoms with Crippen molar-refractivity contribution in [3.8, 4) is 0 Å². The molecular weight excluding hydrogens is 306 g/mol. The van der Waals surface area contributed by atoms with Gasteiger partial charge in [0.05, 0.1) is 33.0 Å². The number of sulfone groups is 1. The highest BCUT2D eigenvalue weighted by Gasteiger charge is 2.15. The highest BCUT2D eigenvalue weighted by atomic mass is 32.2. The summed E-state index contributed by atoms with van der Waals surface area (Å²) in [6.45, 7) is 5.99. The molecule has 0 aliphatic carbocycles. The van der Waals surface area contributed by atoms with E-state index >= 15 is 0 Å². The maximum Gasteiger partial charge on any atom is 0.175 e. The van der Waals surface area contributed by atoms with Gasteiger partial charge in [0.2, 0.25) is 0 Å². The number of aryl methyl sites for hydroxylation is 2. The second-order valence-corrected chi connectivity index (χ2v) is 8.32. The van der Waals surface area contributed by atoms with E-state index in [4.69, 9.17) is 5.73 Å². The van der Waals surface area contributed by atoms with Crippen molar-refractivity contribution in [2.45, 2.75) is 31.7 Å². The van der Waals surface area contributed by atoms with Gasteiger partial charge in [-0.1, -0.05) is 0 Å². The third-order valence-electron chi connectivity index (χ3n) is 3.16. The van der Waals surface area contributed by atoms with Crippen LogP contribution < -0.4 is 11.1 Å². The number of hydrogen-bond acceptors (Lipinski definition) is 6. The molecule has 0 amide bonds. The number of rotatable bonds is 4. The molecule has 2 aromatic rings. The van der Waals surface area contributed by atoms with Crippen LogP contribution in [0.2, 0.25) is 0 Å². The highest BCUT2D eigenvalue weighted by molar-refractivity contribution is 7.90. The number of nitrogens with zero attached hydrogens (tertiary/aromatic N) is 1. The van der Waals surface area contributed by atoms with Gasteiger partial charge in [-0.15, -0.1) is 11.3 Å². The Labute approximate surface area is 129 Å². The minimum Gasteiger partial charge on any atom is -0.397 e. The van der Waals surface area contributed by atoms with E-state index in [1.165, 1.54) is 12.3 Å². The molecular formula is C14H19N3O2S2. The summed E-state index contributed by atoms with van der Waals surface area (Å²) in [5, 5.41) is 4.33. The predicted molar refractivity (Wildman–Crippen MR) is 87.6 cm³/mol. The van der Waals surface area contributed by atoms with E-state index in [1.54, 1.807) is 23.5 Å². The lowest BCUT2D eigenvalue weighted by atomic mass is 10.2. The molecule has 0 radical (unpaired) electrons. The lowest BCUT2D eigenvalue weighted by Gasteiger charge is -2.16. The molecule has 0 bridgehead atoms. The van der Waals surface area contributed by atoms with Crippen molar-refractivity contribution in [1.82, 2.24) is 4.98 Å². The zero-order chi connectivity index (χ0) is 15.8. The lowest BCUT2D eigenvalue weighted by Crippen LogP contribution is -2.09. The van der Waals surface area contributed by atoms with Gasteiger partial charge in [0.15, 0.2) is 9.84 Å². The number of thiazole rings is 1. The van der Waals surface area contributed by atoms with Crippen LogP contribution in [0.1, 0.15) is 28.5 Å². The molecule has 114 valence electrons. The van der Waals surface area contributed by atoms with Crippen LogP contribution >= 0.6 is 11.3 Å². The molecule has 2 rings (SSSR count). The molecule has 1 aromatic heterocycles. The summed E-state index contributed by atoms with van der Waals surface area (Å²) >= 11 is 1.64. The Kier molecular flexibility index (Phi) is 4.25. The fourth-order valence-corrected chi connectivity index (χ4v) is 3.74. The second-order valence-electron chi connectivity index (χ2n) is 5.07. The van der Waals surface area contributed by atoms with E-state index in [9.17, 15) is 8.42 Å². The van der Waals surface area contributed by atoms with Crippen molar-refractivity contribution in [3.63, 3.8) is 0 Å². The van der Waals surface area contributed by atoms with E-state index < -0.39 is 9.84 Å². The Balaban J connectivity index is 2.26. The molecule has 7 heteroatoms. The number of nitrogen functional groups attached to an aromatic ring is 1. The summed E-state index contributed by atoms with van der Waals surface area (Å²) in [7, 11) is -3.24. The SMILES string of the molecule is Cc1nc(C)c(C(C)Nc2ccc(S(C)(=O)=O)cc2N)s1. The molecule has 1 heterocycles. The van der Waals surface area contributed by atoms with Gasteiger partial charge < -0.3 is 11.1 Å². The van der Waals surface area contributed by atoms with Crippen LogP contribution in [0.25, 0.3) is 0 Å². The van der Waals surface area contributed by atoms with Gasteiger partial charge in [-0.3, -0.25) is 0 Å². The van der Waals surface area contributed by atoms with Crippen LogP contribution in [-0.2, 0) is 9.84 Å². The molecule has 0 spiro atoms. The van der Waals surface area contributed by atoms with Crippen LogP contribution in [0, 0.1) is 13.8 Å². The zero-order valence-electron chi connectivity index (χ0n) is 12.5. The van der Waals surface area contributed by atoms with Crippen molar-refractivity contribution >= 4 is 32.5 Å². The predicted octanol–water partition coefficient (Wildman–Crippen LogP) is 2.92. The van der Waals surface area contributed by atoms with E-state index in [2.05, 4.69) is 10.3 Å². The smallest absolute Gasteiger partial charge is 0.175 e. The molecule has 0 fully saturated rings. The summed E-state index contributed by atoms with van der Waals surface area (Å²) in [6, 6.07) is 4.80. The van der Waals surface area contributed by atoms with Crippen LogP contribution in [0.3, 0.4) is 0 Å². The van der Waals surface area contributed by atoms with E-state index in [1.807, 2.05) is 20.8 Å². The van der Waals surface area contributed by atoms with Gasteiger partial charge in [-0.05, 0) is 39.0 Å². The highest BCUT2D eigenvalue weighted by Crippen LogP contribution is 2.30. The van der Waals surface area contributed by atoms with Gasteiger partial charge in [0.25, 0.3) is 0 Å². The minimum absolute atomic E-state index is 0.0579. The summed E-state index contributed by atoms with van der Waals surface area (Å²) in [4.78, 5) is 5.79. The van der Waals surface area contributed by atoms with Gasteiger partial charge in [0.1, 0.15) is 0 Å². The fourth-order valence-electron chi connectivity index (χ4n) is 2.15. The molecule has 0 aliphatic rings. The molecule has 0 saturated heterocycles. The molecule has 1 atom stereocenters. The summed E-state index contributed by atoms with van der Waals surface area (Å²) in [6.07, 6.45) is 1.17. The quantitative estimate of drug-likeness (QED) is 0.844. The molecule has 1 unspecified atom stereocenters. The third-order valence-corrected chi connectivity index (χ3v) is 5.52. The topological polar surface area (TPSA) is 85.1 Å². The first-order valence-corrected chi connectivity index (χ1v) is 9.19. The maximum atomic E-state index is 11.5. The first-order valence-electron chi connectivity index (χ1n) is 6.48. The standard InChI is InChI=1S/C14H19N3O2S2/c1-8-14(20-10(3)16-8)9(2)17-13-6-5-11(7-12(13)15)21(4,18)19/h5-7,9,17H,15H2,1-4H3. The van der Waals surface area contributed by atoms with Crippen LogP contribution in [-0.4, -0.2) is 19.7 Å². The van der Waals surface area contributed by atoms with Crippen molar-refractivity contribution in [1.29, 1.82) is 0 Å². The van der Waals surface area contributed by atoms with Crippen LogP contribution in [0.4, 0.5) is 11.4 Å². The molecule has 1 aromatic carbocycles. The summed E-state index contributed by atoms with van der Waals surface area (Å²) in [5.41, 5.74) is 8.09. The summed E-state index contributed by atoms with van der Waals surface area (Å²) in [5.74, 6) is 0. The Bertz CT molecular complexity index is 767. The van der Waals surface area contributed by atoms with Crippen LogP contribution in [0.15, 0.2) is 23.1 Å². The maximum absolute atomic E-state index is 11.5. The molecule has 0 saturated carbocycles. The van der Waals surface area contributed by atoms with E-state index in [0.29, 0.717) is 5.69 Å². The molecule has 5 nitrogen and oxygen atoms in total. The van der Waals surface area contributed by atoms with Gasteiger partial charge in [0, 0.05) is 11.1 Å². The lowest BCUT2D eigenvalue weighted by molar-refractivity contribution is 0.602. The van der Waals surface area contributed by atoms with Crippen molar-refractivity contribution in [2.24, 2.45) is 0 Å². The Morgan fingerprint density at radius 2 is 2.00 bits per heavy atom. The van der Waals surface area contributed by atoms with Crippen molar-refractivity contribution < 1.29 is 8.42 Å². The monoisotopic (exact) mass is 325 g/mol. The average Bonchev–Trinajstić information content (AvgIpc) is 2.69. The number of aromatic nitrogens is 1. The first kappa shape index (κ1) is 15.8. The molecule has 21 heavy (non-hydrogen) atoms. The number of nitrogens with two attached hydrogens (primary N) is 1. The van der Waals surface area contributed by atoms with E-state index in [0.717, 1.165) is 21.3 Å². The van der Waals surface area contributed by atoms with Crippen LogP contribution in [0.5, 0.6) is 0 Å². The van der Waals surface area contributed by atoms with Gasteiger partial charge >= 0.3 is 0 Å². The van der Waals surface area contributed by atoms with Crippen molar-refractivity contribution in [2.75, 3.05) is 17.3 Å². The normalized spacial score (nSPS) is 13.1. The average molecular weight is 325 g/mol. The number of anilines is 2. The fraction of sp³-hybridized carbons (Fsp3) is 0.357. The number of nitrogens with one attached hydrogen (secondary N) is 1. The van der Waals surface area contributed by atoms with Gasteiger partial charge in [-0.2, -0.15) is 0 Å². The minimum atomic E-state index is -3.24. The second kappa shape index (κ2) is 5.65. The number of benzene rings is 1. The zero-order valence-corrected chi connectivity index (χ0v) is 14.1. The molecule has 3 N–H and O–H groups in total. The van der Waals surface area contributed by atoms with E-state index in [-0.39, 0.29) is 10.9 Å². The van der Waals surface area contributed by atoms with Crippen molar-refractivity contribution in [3.05, 3.63) is 33.8 Å². The Morgan fingerprint density at radius 3 is 2.48 bits per heavy atom.